The molecule has 2 rings (SSSR count). The summed E-state index contributed by atoms with van der Waals surface area (Å²) in [6, 6.07) is 6.83. The number of aromatic nitrogens is 4. The lowest BCUT2D eigenvalue weighted by atomic mass is 10.3. The van der Waals surface area contributed by atoms with Gasteiger partial charge in [0.2, 0.25) is 0 Å². The molecule has 0 saturated carbocycles. The van der Waals surface area contributed by atoms with E-state index in [9.17, 15) is 5.11 Å². The van der Waals surface area contributed by atoms with E-state index in [2.05, 4.69) is 15.4 Å². The smallest absolute Gasteiger partial charge is 0.172 e. The van der Waals surface area contributed by atoms with Gasteiger partial charge in [-0.3, -0.25) is 0 Å². The minimum Gasteiger partial charge on any atom is -0.506 e. The Morgan fingerprint density at radius 1 is 1.31 bits per heavy atom. The highest BCUT2D eigenvalue weighted by molar-refractivity contribution is 5.43. The predicted octanol–water partition coefficient (Wildman–Crippen LogP) is 0.676. The van der Waals surface area contributed by atoms with Gasteiger partial charge in [0.1, 0.15) is 11.4 Å². The van der Waals surface area contributed by atoms with Crippen LogP contribution in [0.25, 0.3) is 5.69 Å². The molecule has 1 aromatic heterocycles. The SMILES string of the molecule is Cc1nnn(-c2ccccc2O)n1. The second-order valence-electron chi connectivity index (χ2n) is 2.61. The Morgan fingerprint density at radius 3 is 2.69 bits per heavy atom. The molecule has 0 amide bonds. The standard InChI is InChI=1S/C8H8N4O/c1-6-9-11-12(10-6)7-4-2-3-5-8(7)13/h2-5,13H,1H3. The van der Waals surface area contributed by atoms with Crippen LogP contribution >= 0.6 is 0 Å². The maximum atomic E-state index is 9.44. The topological polar surface area (TPSA) is 63.8 Å². The van der Waals surface area contributed by atoms with Gasteiger partial charge in [-0.2, -0.15) is 0 Å². The van der Waals surface area contributed by atoms with E-state index in [1.54, 1.807) is 31.2 Å². The summed E-state index contributed by atoms with van der Waals surface area (Å²) in [7, 11) is 0. The highest BCUT2D eigenvalue weighted by Gasteiger charge is 2.04. The molecule has 13 heavy (non-hydrogen) atoms. The van der Waals surface area contributed by atoms with E-state index in [0.717, 1.165) is 0 Å². The number of hydrogen-bond acceptors (Lipinski definition) is 4. The van der Waals surface area contributed by atoms with Crippen LogP contribution in [0.4, 0.5) is 0 Å². The molecular weight excluding hydrogens is 168 g/mol. The molecule has 2 aromatic rings. The third-order valence-electron chi connectivity index (χ3n) is 1.61. The molecule has 0 bridgehead atoms. The van der Waals surface area contributed by atoms with Crippen molar-refractivity contribution in [3.63, 3.8) is 0 Å². The van der Waals surface area contributed by atoms with E-state index in [4.69, 9.17) is 0 Å². The van der Waals surface area contributed by atoms with Gasteiger partial charge in [0.15, 0.2) is 5.82 Å². The number of hydrogen-bond donors (Lipinski definition) is 1. The highest BCUT2D eigenvalue weighted by atomic mass is 16.3. The van der Waals surface area contributed by atoms with E-state index in [1.807, 2.05) is 0 Å². The Morgan fingerprint density at radius 2 is 2.08 bits per heavy atom. The molecule has 0 unspecified atom stereocenters. The zero-order chi connectivity index (χ0) is 9.26. The molecule has 0 spiro atoms. The lowest BCUT2D eigenvalue weighted by Crippen LogP contribution is -1.98. The van der Waals surface area contributed by atoms with Gasteiger partial charge >= 0.3 is 0 Å². The Balaban J connectivity index is 2.52. The number of tetrazole rings is 1. The minimum atomic E-state index is 0.139. The van der Waals surface area contributed by atoms with E-state index < -0.39 is 0 Å². The number of benzene rings is 1. The quantitative estimate of drug-likeness (QED) is 0.693. The van der Waals surface area contributed by atoms with Crippen LogP contribution in [0.3, 0.4) is 0 Å². The van der Waals surface area contributed by atoms with Crippen LogP contribution in [0.5, 0.6) is 5.75 Å². The summed E-state index contributed by atoms with van der Waals surface area (Å²) in [5.41, 5.74) is 0.531. The summed E-state index contributed by atoms with van der Waals surface area (Å²) < 4.78 is 0. The van der Waals surface area contributed by atoms with Crippen LogP contribution in [0.2, 0.25) is 0 Å². The first-order chi connectivity index (χ1) is 6.27. The summed E-state index contributed by atoms with van der Waals surface area (Å²) >= 11 is 0. The van der Waals surface area contributed by atoms with Crippen molar-refractivity contribution < 1.29 is 5.11 Å². The number of aromatic hydroxyl groups is 1. The van der Waals surface area contributed by atoms with E-state index >= 15 is 0 Å². The fourth-order valence-corrected chi connectivity index (χ4v) is 1.02. The molecule has 1 N–H and O–H groups in total. The second-order valence-corrected chi connectivity index (χ2v) is 2.61. The monoisotopic (exact) mass is 176 g/mol. The van der Waals surface area contributed by atoms with E-state index in [0.29, 0.717) is 11.5 Å². The Labute approximate surface area is 74.6 Å². The molecule has 0 aliphatic heterocycles. The maximum absolute atomic E-state index is 9.44. The normalized spacial score (nSPS) is 10.2. The zero-order valence-electron chi connectivity index (χ0n) is 7.05. The molecule has 5 nitrogen and oxygen atoms in total. The first-order valence-corrected chi connectivity index (χ1v) is 3.82. The third-order valence-corrected chi connectivity index (χ3v) is 1.61. The summed E-state index contributed by atoms with van der Waals surface area (Å²) in [6.45, 7) is 1.74. The molecule has 0 atom stereocenters. The minimum absolute atomic E-state index is 0.139. The summed E-state index contributed by atoms with van der Waals surface area (Å²) in [5, 5.41) is 20.9. The largest absolute Gasteiger partial charge is 0.506 e. The lowest BCUT2D eigenvalue weighted by Gasteiger charge is -1.99. The fraction of sp³-hybridized carbons (Fsp3) is 0.125. The second kappa shape index (κ2) is 2.85. The van der Waals surface area contributed by atoms with Gasteiger partial charge < -0.3 is 5.11 Å². The number of para-hydroxylation sites is 2. The molecule has 1 aromatic carbocycles. The Hall–Kier alpha value is -1.91. The molecule has 0 aliphatic rings. The third kappa shape index (κ3) is 1.35. The average molecular weight is 176 g/mol. The first kappa shape index (κ1) is 7.72. The Bertz CT molecular complexity index is 424. The molecule has 0 aliphatic carbocycles. The van der Waals surface area contributed by atoms with Crippen LogP contribution in [-0.2, 0) is 0 Å². The van der Waals surface area contributed by atoms with Crippen molar-refractivity contribution in [2.75, 3.05) is 0 Å². The van der Waals surface area contributed by atoms with Crippen LogP contribution in [-0.4, -0.2) is 25.3 Å². The first-order valence-electron chi connectivity index (χ1n) is 3.82. The highest BCUT2D eigenvalue weighted by Crippen LogP contribution is 2.17. The van der Waals surface area contributed by atoms with E-state index in [1.165, 1.54) is 4.80 Å². The number of rotatable bonds is 1. The molecule has 5 heteroatoms. The summed E-state index contributed by atoms with van der Waals surface area (Å²) in [5.74, 6) is 0.711. The van der Waals surface area contributed by atoms with Crippen molar-refractivity contribution in [2.45, 2.75) is 6.92 Å². The van der Waals surface area contributed by atoms with Crippen LogP contribution in [0, 0.1) is 6.92 Å². The number of phenols is 1. The zero-order valence-corrected chi connectivity index (χ0v) is 7.05. The van der Waals surface area contributed by atoms with Crippen LogP contribution < -0.4 is 0 Å². The van der Waals surface area contributed by atoms with E-state index in [-0.39, 0.29) is 5.75 Å². The van der Waals surface area contributed by atoms with Gasteiger partial charge in [0.25, 0.3) is 0 Å². The van der Waals surface area contributed by atoms with Gasteiger partial charge in [0.05, 0.1) is 0 Å². The molecule has 1 heterocycles. The molecular formula is C8H8N4O. The summed E-state index contributed by atoms with van der Waals surface area (Å²) in [6.07, 6.45) is 0. The average Bonchev–Trinajstić information content (AvgIpc) is 2.53. The number of nitrogens with zero attached hydrogens (tertiary/aromatic N) is 4. The molecule has 0 fully saturated rings. The Kier molecular flexibility index (Phi) is 1.70. The number of phenolic OH excluding ortho intramolecular Hbond substituents is 1. The molecule has 0 saturated heterocycles. The van der Waals surface area contributed by atoms with Gasteiger partial charge in [-0.25, -0.2) is 0 Å². The van der Waals surface area contributed by atoms with Gasteiger partial charge in [-0.15, -0.1) is 15.0 Å². The van der Waals surface area contributed by atoms with Gasteiger partial charge in [-0.1, -0.05) is 12.1 Å². The lowest BCUT2D eigenvalue weighted by molar-refractivity contribution is 0.466. The summed E-state index contributed by atoms with van der Waals surface area (Å²) in [4.78, 5) is 1.30. The molecule has 0 radical (unpaired) electrons. The van der Waals surface area contributed by atoms with Crippen molar-refractivity contribution in [3.8, 4) is 11.4 Å². The van der Waals surface area contributed by atoms with Gasteiger partial charge in [-0.05, 0) is 24.3 Å². The van der Waals surface area contributed by atoms with Crippen LogP contribution in [0.15, 0.2) is 24.3 Å². The predicted molar refractivity (Wildman–Crippen MR) is 45.6 cm³/mol. The van der Waals surface area contributed by atoms with Crippen molar-refractivity contribution in [3.05, 3.63) is 30.1 Å². The number of aryl methyl sites for hydroxylation is 1. The fourth-order valence-electron chi connectivity index (χ4n) is 1.02. The van der Waals surface area contributed by atoms with Crippen molar-refractivity contribution in [1.29, 1.82) is 0 Å². The van der Waals surface area contributed by atoms with Crippen molar-refractivity contribution in [1.82, 2.24) is 20.2 Å². The van der Waals surface area contributed by atoms with Crippen molar-refractivity contribution in [2.24, 2.45) is 0 Å². The van der Waals surface area contributed by atoms with Crippen LogP contribution in [0.1, 0.15) is 5.82 Å². The molecule has 66 valence electrons. The van der Waals surface area contributed by atoms with Crippen molar-refractivity contribution >= 4 is 0 Å². The maximum Gasteiger partial charge on any atom is 0.172 e. The van der Waals surface area contributed by atoms with Gasteiger partial charge in [0, 0.05) is 0 Å².